The van der Waals surface area contributed by atoms with Crippen LogP contribution in [0.3, 0.4) is 0 Å². The number of nitrogens with one attached hydrogen (secondary N) is 2. The molecule has 0 spiro atoms. The molecule has 0 aliphatic heterocycles. The predicted octanol–water partition coefficient (Wildman–Crippen LogP) is 3.77. The van der Waals surface area contributed by atoms with Gasteiger partial charge in [-0.2, -0.15) is 0 Å². The first kappa shape index (κ1) is 21.4. The lowest BCUT2D eigenvalue weighted by Gasteiger charge is -2.18. The van der Waals surface area contributed by atoms with E-state index in [4.69, 9.17) is 0 Å². The largest absolute Gasteiger partial charge is 0.300 e. The molecular weight excluding hydrogens is 420 g/mol. The van der Waals surface area contributed by atoms with Gasteiger partial charge < -0.3 is 5.32 Å². The second-order valence-electron chi connectivity index (χ2n) is 8.11. The summed E-state index contributed by atoms with van der Waals surface area (Å²) < 4.78 is 27.7. The van der Waals surface area contributed by atoms with Gasteiger partial charge in [0.15, 0.2) is 0 Å². The minimum Gasteiger partial charge on any atom is -0.300 e. The Labute approximate surface area is 181 Å². The second kappa shape index (κ2) is 9.53. The third-order valence-electron chi connectivity index (χ3n) is 5.92. The lowest BCUT2D eigenvalue weighted by atomic mass is 9.90. The van der Waals surface area contributed by atoms with Crippen LogP contribution in [0.1, 0.15) is 73.4 Å². The van der Waals surface area contributed by atoms with Gasteiger partial charge >= 0.3 is 0 Å². The smallest absolute Gasteiger partial charge is 0.240 e. The molecule has 9 heteroatoms. The predicted molar refractivity (Wildman–Crippen MR) is 117 cm³/mol. The zero-order valence-corrected chi connectivity index (χ0v) is 18.7. The van der Waals surface area contributed by atoms with E-state index in [0.29, 0.717) is 11.0 Å². The van der Waals surface area contributed by atoms with Crippen molar-refractivity contribution in [1.29, 1.82) is 0 Å². The van der Waals surface area contributed by atoms with Crippen molar-refractivity contribution in [2.24, 2.45) is 0 Å². The zero-order chi connectivity index (χ0) is 21.0. The Hall–Kier alpha value is -1.84. The first-order chi connectivity index (χ1) is 14.5. The van der Waals surface area contributed by atoms with Gasteiger partial charge in [-0.05, 0) is 61.8 Å². The fraction of sp³-hybridized carbons (Fsp3) is 0.571. The highest BCUT2D eigenvalue weighted by Gasteiger charge is 2.21. The summed E-state index contributed by atoms with van der Waals surface area (Å²) in [5, 5.41) is 12.5. The first-order valence-corrected chi connectivity index (χ1v) is 13.1. The first-order valence-electron chi connectivity index (χ1n) is 10.8. The molecule has 0 saturated heterocycles. The summed E-state index contributed by atoms with van der Waals surface area (Å²) in [6.07, 6.45) is 10.2. The Kier molecular flexibility index (Phi) is 6.80. The maximum Gasteiger partial charge on any atom is 0.240 e. The summed E-state index contributed by atoms with van der Waals surface area (Å²) in [4.78, 5) is 12.5. The molecule has 1 amide bonds. The van der Waals surface area contributed by atoms with E-state index in [2.05, 4.69) is 20.2 Å². The molecule has 1 saturated carbocycles. The van der Waals surface area contributed by atoms with Crippen molar-refractivity contribution in [2.75, 3.05) is 11.9 Å². The van der Waals surface area contributed by atoms with E-state index >= 15 is 0 Å². The van der Waals surface area contributed by atoms with Crippen LogP contribution in [-0.4, -0.2) is 31.1 Å². The van der Waals surface area contributed by atoms with Gasteiger partial charge in [-0.1, -0.05) is 36.7 Å². The Morgan fingerprint density at radius 3 is 2.60 bits per heavy atom. The van der Waals surface area contributed by atoms with Gasteiger partial charge in [0.2, 0.25) is 21.1 Å². The number of sulfonamides is 1. The summed E-state index contributed by atoms with van der Waals surface area (Å²) in [5.41, 5.74) is 2.36. The summed E-state index contributed by atoms with van der Waals surface area (Å²) in [5.74, 6) is 0.180. The van der Waals surface area contributed by atoms with E-state index in [0.717, 1.165) is 49.1 Å². The van der Waals surface area contributed by atoms with Crippen molar-refractivity contribution in [2.45, 2.75) is 75.0 Å². The van der Waals surface area contributed by atoms with Crippen molar-refractivity contribution in [3.63, 3.8) is 0 Å². The SMILES string of the molecule is O=C(CCNS(=O)(=O)c1ccc2c(c1)CCCC2)Nc1nnc(C2CCCCC2)s1. The molecule has 1 heterocycles. The van der Waals surface area contributed by atoms with E-state index in [9.17, 15) is 13.2 Å². The average molecular weight is 449 g/mol. The van der Waals surface area contributed by atoms with Gasteiger partial charge in [-0.15, -0.1) is 10.2 Å². The molecule has 0 radical (unpaired) electrons. The molecule has 0 bridgehead atoms. The second-order valence-corrected chi connectivity index (χ2v) is 10.9. The molecule has 162 valence electrons. The number of anilines is 1. The lowest BCUT2D eigenvalue weighted by molar-refractivity contribution is -0.116. The number of carbonyl (C=O) groups is 1. The number of amides is 1. The van der Waals surface area contributed by atoms with E-state index in [1.54, 1.807) is 12.1 Å². The molecule has 2 N–H and O–H groups in total. The molecule has 2 aromatic rings. The van der Waals surface area contributed by atoms with Crippen molar-refractivity contribution >= 4 is 32.4 Å². The molecule has 1 aromatic carbocycles. The van der Waals surface area contributed by atoms with E-state index < -0.39 is 10.0 Å². The quantitative estimate of drug-likeness (QED) is 0.671. The number of carbonyl (C=O) groups excluding carboxylic acids is 1. The lowest BCUT2D eigenvalue weighted by Crippen LogP contribution is -2.28. The normalized spacial score (nSPS) is 17.5. The van der Waals surface area contributed by atoms with Crippen molar-refractivity contribution < 1.29 is 13.2 Å². The molecule has 1 aromatic heterocycles. The van der Waals surface area contributed by atoms with Crippen LogP contribution in [0.5, 0.6) is 0 Å². The fourth-order valence-electron chi connectivity index (χ4n) is 4.24. The molecule has 1 fully saturated rings. The maximum atomic E-state index is 12.6. The topological polar surface area (TPSA) is 101 Å². The van der Waals surface area contributed by atoms with Crippen LogP contribution >= 0.6 is 11.3 Å². The highest BCUT2D eigenvalue weighted by atomic mass is 32.2. The van der Waals surface area contributed by atoms with Crippen molar-refractivity contribution in [3.05, 3.63) is 34.3 Å². The number of hydrogen-bond donors (Lipinski definition) is 2. The Balaban J connectivity index is 1.27. The minimum absolute atomic E-state index is 0.0412. The van der Waals surface area contributed by atoms with Crippen LogP contribution in [0.25, 0.3) is 0 Å². The Morgan fingerprint density at radius 2 is 1.80 bits per heavy atom. The molecule has 0 atom stereocenters. The van der Waals surface area contributed by atoms with Gasteiger partial charge in [0, 0.05) is 18.9 Å². The number of aromatic nitrogens is 2. The summed E-state index contributed by atoms with van der Waals surface area (Å²) in [7, 11) is -3.63. The number of hydrogen-bond acceptors (Lipinski definition) is 6. The molecule has 30 heavy (non-hydrogen) atoms. The van der Waals surface area contributed by atoms with Crippen LogP contribution in [0.4, 0.5) is 5.13 Å². The van der Waals surface area contributed by atoms with E-state index in [1.165, 1.54) is 36.2 Å². The summed E-state index contributed by atoms with van der Waals surface area (Å²) in [6, 6.07) is 5.33. The highest BCUT2D eigenvalue weighted by Crippen LogP contribution is 2.35. The third kappa shape index (κ3) is 5.25. The monoisotopic (exact) mass is 448 g/mol. The average Bonchev–Trinajstić information content (AvgIpc) is 3.22. The zero-order valence-electron chi connectivity index (χ0n) is 17.0. The Morgan fingerprint density at radius 1 is 1.03 bits per heavy atom. The number of fused-ring (bicyclic) bond motifs is 1. The van der Waals surface area contributed by atoms with Gasteiger partial charge in [0.25, 0.3) is 0 Å². The molecular formula is C21H28N4O3S2. The Bertz CT molecular complexity index is 997. The molecule has 7 nitrogen and oxygen atoms in total. The summed E-state index contributed by atoms with van der Waals surface area (Å²) >= 11 is 1.42. The molecule has 2 aliphatic carbocycles. The summed E-state index contributed by atoms with van der Waals surface area (Å²) in [6.45, 7) is 0.0412. The molecule has 4 rings (SSSR count). The van der Waals surface area contributed by atoms with Gasteiger partial charge in [0.1, 0.15) is 5.01 Å². The van der Waals surface area contributed by atoms with Crippen molar-refractivity contribution in [1.82, 2.24) is 14.9 Å². The molecule has 0 unspecified atom stereocenters. The van der Waals surface area contributed by atoms with Crippen LogP contribution in [0, 0.1) is 0 Å². The maximum absolute atomic E-state index is 12.6. The molecule has 2 aliphatic rings. The van der Waals surface area contributed by atoms with Crippen LogP contribution in [0.2, 0.25) is 0 Å². The number of aryl methyl sites for hydroxylation is 2. The van der Waals surface area contributed by atoms with Gasteiger partial charge in [-0.3, -0.25) is 4.79 Å². The fourth-order valence-corrected chi connectivity index (χ4v) is 6.25. The van der Waals surface area contributed by atoms with Gasteiger partial charge in [0.05, 0.1) is 4.90 Å². The van der Waals surface area contributed by atoms with E-state index in [1.807, 2.05) is 6.07 Å². The van der Waals surface area contributed by atoms with E-state index in [-0.39, 0.29) is 23.8 Å². The van der Waals surface area contributed by atoms with Crippen LogP contribution < -0.4 is 10.0 Å². The number of nitrogens with zero attached hydrogens (tertiary/aromatic N) is 2. The number of benzene rings is 1. The standard InChI is InChI=1S/C21H28N4O3S2/c26-19(23-21-25-24-20(29-21)16-7-2-1-3-8-16)12-13-22-30(27,28)18-11-10-15-6-4-5-9-17(15)14-18/h10-11,14,16,22H,1-9,12-13H2,(H,23,25,26). The van der Waals surface area contributed by atoms with Crippen LogP contribution in [-0.2, 0) is 27.7 Å². The van der Waals surface area contributed by atoms with Crippen LogP contribution in [0.15, 0.2) is 23.1 Å². The van der Waals surface area contributed by atoms with Gasteiger partial charge in [-0.25, -0.2) is 13.1 Å². The minimum atomic E-state index is -3.63. The highest BCUT2D eigenvalue weighted by molar-refractivity contribution is 7.89. The van der Waals surface area contributed by atoms with Crippen molar-refractivity contribution in [3.8, 4) is 0 Å². The third-order valence-corrected chi connectivity index (χ3v) is 8.38. The number of rotatable bonds is 7.